The summed E-state index contributed by atoms with van der Waals surface area (Å²) in [7, 11) is 0. The number of rotatable bonds is 5. The third-order valence-electron chi connectivity index (χ3n) is 5.72. The molecule has 1 N–H and O–H groups in total. The zero-order chi connectivity index (χ0) is 22.2. The van der Waals surface area contributed by atoms with Crippen LogP contribution < -0.4 is 5.32 Å². The van der Waals surface area contributed by atoms with Gasteiger partial charge in [-0.05, 0) is 30.2 Å². The van der Waals surface area contributed by atoms with E-state index in [1.165, 1.54) is 47.0 Å². The van der Waals surface area contributed by atoms with Crippen LogP contribution in [-0.4, -0.2) is 46.5 Å². The summed E-state index contributed by atoms with van der Waals surface area (Å²) in [6.45, 7) is 1.68. The topological polar surface area (TPSA) is 69.7 Å². The number of nitrogens with zero attached hydrogens (tertiary/aromatic N) is 2. The number of halogens is 2. The molecule has 162 valence electrons. The highest BCUT2D eigenvalue weighted by atomic mass is 32.2. The van der Waals surface area contributed by atoms with Crippen molar-refractivity contribution in [1.82, 2.24) is 15.1 Å². The number of thioether (sulfide) groups is 1. The van der Waals surface area contributed by atoms with E-state index in [0.29, 0.717) is 23.4 Å². The van der Waals surface area contributed by atoms with Crippen molar-refractivity contribution in [1.29, 1.82) is 0 Å². The molecular formula is C22H21F2N3O3S. The molecule has 4 rings (SSSR count). The average Bonchev–Trinajstić information content (AvgIpc) is 3.34. The van der Waals surface area contributed by atoms with Crippen molar-refractivity contribution in [3.63, 3.8) is 0 Å². The van der Waals surface area contributed by atoms with Crippen LogP contribution in [-0.2, 0) is 15.1 Å². The van der Waals surface area contributed by atoms with Crippen molar-refractivity contribution in [3.8, 4) is 0 Å². The molecule has 2 aromatic rings. The summed E-state index contributed by atoms with van der Waals surface area (Å²) in [5, 5.41) is 2.17. The van der Waals surface area contributed by atoms with E-state index in [1.807, 2.05) is 0 Å². The highest BCUT2D eigenvalue weighted by Crippen LogP contribution is 2.39. The van der Waals surface area contributed by atoms with Crippen LogP contribution in [0.4, 0.5) is 13.6 Å². The molecule has 31 heavy (non-hydrogen) atoms. The van der Waals surface area contributed by atoms with Gasteiger partial charge in [-0.1, -0.05) is 37.3 Å². The highest BCUT2D eigenvalue weighted by Gasteiger charge is 2.52. The zero-order valence-electron chi connectivity index (χ0n) is 16.8. The Balaban J connectivity index is 1.55. The molecule has 0 unspecified atom stereocenters. The molecule has 9 heteroatoms. The van der Waals surface area contributed by atoms with Gasteiger partial charge >= 0.3 is 6.03 Å². The number of amides is 4. The van der Waals surface area contributed by atoms with Gasteiger partial charge in [-0.25, -0.2) is 13.6 Å². The van der Waals surface area contributed by atoms with Gasteiger partial charge in [0.25, 0.3) is 5.91 Å². The average molecular weight is 445 g/mol. The maximum atomic E-state index is 14.3. The minimum atomic E-state index is -1.35. The molecule has 2 aromatic carbocycles. The predicted molar refractivity (Wildman–Crippen MR) is 112 cm³/mol. The van der Waals surface area contributed by atoms with E-state index >= 15 is 0 Å². The fraction of sp³-hybridized carbons (Fsp3) is 0.318. The Morgan fingerprint density at radius 1 is 1.16 bits per heavy atom. The molecule has 0 aliphatic carbocycles. The van der Waals surface area contributed by atoms with Crippen molar-refractivity contribution >= 4 is 29.6 Å². The molecule has 0 saturated carbocycles. The third-order valence-corrected chi connectivity index (χ3v) is 6.96. The van der Waals surface area contributed by atoms with Crippen molar-refractivity contribution in [2.45, 2.75) is 24.3 Å². The van der Waals surface area contributed by atoms with E-state index in [-0.39, 0.29) is 6.42 Å². The smallest absolute Gasteiger partial charge is 0.324 e. The first-order valence-electron chi connectivity index (χ1n) is 9.93. The van der Waals surface area contributed by atoms with Crippen molar-refractivity contribution in [2.24, 2.45) is 0 Å². The standard InChI is InChI=1S/C22H21F2N3O3S/c1-2-22(14-7-9-15(23)10-8-14)20(29)27(21(30)25-22)13-18(28)26-11-12-31-19(26)16-5-3-4-6-17(16)24/h3-10,19H,2,11-13H2,1H3,(H,25,30)/t19-,22+/m0/s1. The zero-order valence-corrected chi connectivity index (χ0v) is 17.6. The lowest BCUT2D eigenvalue weighted by atomic mass is 9.87. The lowest BCUT2D eigenvalue weighted by Crippen LogP contribution is -2.45. The Morgan fingerprint density at radius 2 is 1.87 bits per heavy atom. The second-order valence-electron chi connectivity index (χ2n) is 7.42. The molecule has 0 bridgehead atoms. The molecule has 0 radical (unpaired) electrons. The van der Waals surface area contributed by atoms with E-state index in [4.69, 9.17) is 0 Å². The number of urea groups is 1. The number of hydrogen-bond donors (Lipinski definition) is 1. The molecule has 2 aliphatic rings. The Bertz CT molecular complexity index is 1030. The molecule has 6 nitrogen and oxygen atoms in total. The second kappa shape index (κ2) is 8.30. The maximum Gasteiger partial charge on any atom is 0.325 e. The number of benzene rings is 2. The van der Waals surface area contributed by atoms with E-state index in [0.717, 1.165) is 4.90 Å². The largest absolute Gasteiger partial charge is 0.325 e. The van der Waals surface area contributed by atoms with E-state index in [1.54, 1.807) is 25.1 Å². The summed E-state index contributed by atoms with van der Waals surface area (Å²) in [6, 6.07) is 10.9. The molecule has 2 aliphatic heterocycles. The van der Waals surface area contributed by atoms with Gasteiger partial charge in [0.15, 0.2) is 0 Å². The lowest BCUT2D eigenvalue weighted by molar-refractivity contribution is -0.139. The molecule has 2 fully saturated rings. The number of imide groups is 1. The summed E-state index contributed by atoms with van der Waals surface area (Å²) in [4.78, 5) is 41.3. The molecular weight excluding hydrogens is 424 g/mol. The Hall–Kier alpha value is -2.94. The van der Waals surface area contributed by atoms with Crippen molar-refractivity contribution < 1.29 is 23.2 Å². The first-order valence-corrected chi connectivity index (χ1v) is 11.0. The molecule has 0 aromatic heterocycles. The van der Waals surface area contributed by atoms with Gasteiger partial charge in [0.2, 0.25) is 5.91 Å². The van der Waals surface area contributed by atoms with Crippen LogP contribution in [0.15, 0.2) is 48.5 Å². The minimum Gasteiger partial charge on any atom is -0.324 e. The maximum absolute atomic E-state index is 14.3. The Labute approximate surface area is 182 Å². The molecule has 2 atom stereocenters. The molecule has 0 spiro atoms. The van der Waals surface area contributed by atoms with Gasteiger partial charge in [0.1, 0.15) is 29.1 Å². The summed E-state index contributed by atoms with van der Waals surface area (Å²) >= 11 is 1.43. The second-order valence-corrected chi connectivity index (χ2v) is 8.61. The fourth-order valence-electron chi connectivity index (χ4n) is 4.03. The monoisotopic (exact) mass is 445 g/mol. The van der Waals surface area contributed by atoms with Gasteiger partial charge in [0.05, 0.1) is 0 Å². The minimum absolute atomic E-state index is 0.241. The number of hydrogen-bond acceptors (Lipinski definition) is 4. The predicted octanol–water partition coefficient (Wildman–Crippen LogP) is 3.40. The van der Waals surface area contributed by atoms with Crippen LogP contribution in [0.3, 0.4) is 0 Å². The molecule has 2 heterocycles. The van der Waals surface area contributed by atoms with Crippen LogP contribution in [0.25, 0.3) is 0 Å². The summed E-state index contributed by atoms with van der Waals surface area (Å²) < 4.78 is 27.6. The highest BCUT2D eigenvalue weighted by molar-refractivity contribution is 7.99. The van der Waals surface area contributed by atoms with Crippen LogP contribution in [0, 0.1) is 11.6 Å². The molecule has 2 saturated heterocycles. The number of carbonyl (C=O) groups is 3. The van der Waals surface area contributed by atoms with E-state index in [2.05, 4.69) is 5.32 Å². The number of carbonyl (C=O) groups excluding carboxylic acids is 3. The van der Waals surface area contributed by atoms with Crippen LogP contribution >= 0.6 is 11.8 Å². The van der Waals surface area contributed by atoms with Gasteiger partial charge in [-0.15, -0.1) is 11.8 Å². The SMILES string of the molecule is CC[C@]1(c2ccc(F)cc2)NC(=O)N(CC(=O)N2CCS[C@H]2c2ccccc2F)C1=O. The fourth-order valence-corrected chi connectivity index (χ4v) is 5.33. The van der Waals surface area contributed by atoms with E-state index in [9.17, 15) is 23.2 Å². The summed E-state index contributed by atoms with van der Waals surface area (Å²) in [6.07, 6.45) is 0.241. The Morgan fingerprint density at radius 3 is 2.55 bits per heavy atom. The summed E-state index contributed by atoms with van der Waals surface area (Å²) in [5.74, 6) is -1.23. The van der Waals surface area contributed by atoms with Crippen molar-refractivity contribution in [3.05, 3.63) is 71.3 Å². The van der Waals surface area contributed by atoms with Crippen LogP contribution in [0.5, 0.6) is 0 Å². The van der Waals surface area contributed by atoms with Gasteiger partial charge in [-0.3, -0.25) is 14.5 Å². The van der Waals surface area contributed by atoms with Crippen LogP contribution in [0.1, 0.15) is 29.8 Å². The lowest BCUT2D eigenvalue weighted by Gasteiger charge is -2.27. The third kappa shape index (κ3) is 3.67. The van der Waals surface area contributed by atoms with Crippen molar-refractivity contribution in [2.75, 3.05) is 18.8 Å². The first kappa shape index (κ1) is 21.3. The first-order chi connectivity index (χ1) is 14.9. The summed E-state index contributed by atoms with van der Waals surface area (Å²) in [5.41, 5.74) is -0.508. The normalized spacial score (nSPS) is 23.4. The van der Waals surface area contributed by atoms with E-state index < -0.39 is 46.9 Å². The number of nitrogens with one attached hydrogen (secondary N) is 1. The van der Waals surface area contributed by atoms with Gasteiger partial charge in [-0.2, -0.15) is 0 Å². The Kier molecular flexibility index (Phi) is 5.70. The van der Waals surface area contributed by atoms with Gasteiger partial charge < -0.3 is 10.2 Å². The quantitative estimate of drug-likeness (QED) is 0.717. The van der Waals surface area contributed by atoms with Crippen LogP contribution in [0.2, 0.25) is 0 Å². The van der Waals surface area contributed by atoms with Gasteiger partial charge in [0, 0.05) is 17.9 Å². The molecule has 4 amide bonds.